The Hall–Kier alpha value is -1.52. The summed E-state index contributed by atoms with van der Waals surface area (Å²) in [6.45, 7) is 1.93. The molecule has 0 saturated carbocycles. The van der Waals surface area contributed by atoms with Crippen LogP contribution in [0.4, 0.5) is 13.2 Å². The van der Waals surface area contributed by atoms with E-state index in [1.165, 1.54) is 24.0 Å². The highest BCUT2D eigenvalue weighted by molar-refractivity contribution is 5.74. The monoisotopic (exact) mass is 257 g/mol. The molecule has 1 heterocycles. The van der Waals surface area contributed by atoms with Crippen LogP contribution in [-0.2, 0) is 11.0 Å². The molecular formula is C13H14F3NO. The quantitative estimate of drug-likeness (QED) is 0.755. The van der Waals surface area contributed by atoms with E-state index in [1.54, 1.807) is 6.07 Å². The lowest BCUT2D eigenvalue weighted by Gasteiger charge is -2.26. The molecule has 1 aromatic carbocycles. The van der Waals surface area contributed by atoms with Gasteiger partial charge in [0.15, 0.2) is 0 Å². The highest BCUT2D eigenvalue weighted by Gasteiger charge is 2.38. The lowest BCUT2D eigenvalue weighted by molar-refractivity contribution is -0.140. The van der Waals surface area contributed by atoms with Crippen molar-refractivity contribution in [1.82, 2.24) is 4.90 Å². The van der Waals surface area contributed by atoms with E-state index in [0.717, 1.165) is 12.5 Å². The zero-order chi connectivity index (χ0) is 13.3. The van der Waals surface area contributed by atoms with Gasteiger partial charge in [0, 0.05) is 13.5 Å². The first-order chi connectivity index (χ1) is 8.41. The van der Waals surface area contributed by atoms with Gasteiger partial charge in [0.05, 0.1) is 11.6 Å². The average Bonchev–Trinajstić information content (AvgIpc) is 2.76. The molecule has 1 amide bonds. The van der Waals surface area contributed by atoms with Gasteiger partial charge in [-0.15, -0.1) is 0 Å². The van der Waals surface area contributed by atoms with Gasteiger partial charge >= 0.3 is 6.18 Å². The van der Waals surface area contributed by atoms with Crippen molar-refractivity contribution in [3.05, 3.63) is 35.4 Å². The fourth-order valence-corrected chi connectivity index (χ4v) is 2.51. The summed E-state index contributed by atoms with van der Waals surface area (Å²) in [4.78, 5) is 13.0. The van der Waals surface area contributed by atoms with Crippen LogP contribution in [0.5, 0.6) is 0 Å². The van der Waals surface area contributed by atoms with Crippen LogP contribution in [-0.4, -0.2) is 17.4 Å². The van der Waals surface area contributed by atoms with E-state index >= 15 is 0 Å². The Morgan fingerprint density at radius 3 is 2.61 bits per heavy atom. The number of nitrogens with zero attached hydrogens (tertiary/aromatic N) is 1. The van der Waals surface area contributed by atoms with Gasteiger partial charge in [-0.05, 0) is 24.5 Å². The number of carbonyl (C=O) groups excluding carboxylic acids is 1. The van der Waals surface area contributed by atoms with E-state index in [-0.39, 0.29) is 11.5 Å². The standard InChI is InChI=1S/C13H14F3NO/c1-9(18)17-8-4-7-12(17)10-5-2-3-6-11(10)13(14,15)16/h2-3,5-6,12H,4,7-8H2,1H3. The molecule has 0 aliphatic carbocycles. The first-order valence-corrected chi connectivity index (χ1v) is 5.84. The average molecular weight is 257 g/mol. The van der Waals surface area contributed by atoms with Crippen molar-refractivity contribution in [2.75, 3.05) is 6.54 Å². The molecule has 18 heavy (non-hydrogen) atoms. The molecule has 1 atom stereocenters. The second kappa shape index (κ2) is 4.63. The minimum absolute atomic E-state index is 0.172. The molecule has 2 rings (SSSR count). The molecule has 1 unspecified atom stereocenters. The van der Waals surface area contributed by atoms with Crippen molar-refractivity contribution in [2.24, 2.45) is 0 Å². The Morgan fingerprint density at radius 1 is 1.33 bits per heavy atom. The summed E-state index contributed by atoms with van der Waals surface area (Å²) in [5, 5.41) is 0. The molecule has 1 aliphatic rings. The van der Waals surface area contributed by atoms with Gasteiger partial charge in [-0.25, -0.2) is 0 Å². The lowest BCUT2D eigenvalue weighted by atomic mass is 9.98. The number of benzene rings is 1. The van der Waals surface area contributed by atoms with Crippen molar-refractivity contribution in [3.8, 4) is 0 Å². The van der Waals surface area contributed by atoms with Crippen molar-refractivity contribution in [1.29, 1.82) is 0 Å². The van der Waals surface area contributed by atoms with E-state index in [1.807, 2.05) is 0 Å². The fourth-order valence-electron chi connectivity index (χ4n) is 2.51. The third-order valence-corrected chi connectivity index (χ3v) is 3.28. The molecule has 2 nitrogen and oxygen atoms in total. The smallest absolute Gasteiger partial charge is 0.336 e. The Labute approximate surface area is 103 Å². The maximum atomic E-state index is 12.9. The maximum Gasteiger partial charge on any atom is 0.416 e. The van der Waals surface area contributed by atoms with Gasteiger partial charge in [-0.1, -0.05) is 18.2 Å². The number of amides is 1. The van der Waals surface area contributed by atoms with Gasteiger partial charge in [-0.2, -0.15) is 13.2 Å². The molecule has 0 bridgehead atoms. The Morgan fingerprint density at radius 2 is 2.00 bits per heavy atom. The normalized spacial score (nSPS) is 20.2. The summed E-state index contributed by atoms with van der Waals surface area (Å²) in [6.07, 6.45) is -3.04. The van der Waals surface area contributed by atoms with E-state index in [9.17, 15) is 18.0 Å². The van der Waals surface area contributed by atoms with E-state index in [4.69, 9.17) is 0 Å². The van der Waals surface area contributed by atoms with Crippen LogP contribution >= 0.6 is 0 Å². The van der Waals surface area contributed by atoms with Crippen molar-refractivity contribution >= 4 is 5.91 Å². The Bertz CT molecular complexity index is 456. The third kappa shape index (κ3) is 2.35. The topological polar surface area (TPSA) is 20.3 Å². The second-order valence-corrected chi connectivity index (χ2v) is 4.46. The van der Waals surface area contributed by atoms with Crippen LogP contribution in [0.2, 0.25) is 0 Å². The molecule has 98 valence electrons. The summed E-state index contributed by atoms with van der Waals surface area (Å²) in [5.74, 6) is -0.172. The zero-order valence-corrected chi connectivity index (χ0v) is 10.00. The SMILES string of the molecule is CC(=O)N1CCCC1c1ccccc1C(F)(F)F. The molecule has 1 aromatic rings. The Kier molecular flexibility index (Phi) is 3.32. The number of hydrogen-bond donors (Lipinski definition) is 0. The lowest BCUT2D eigenvalue weighted by Crippen LogP contribution is -2.29. The van der Waals surface area contributed by atoms with Crippen LogP contribution in [0.3, 0.4) is 0 Å². The summed E-state index contributed by atoms with van der Waals surface area (Å²) >= 11 is 0. The van der Waals surface area contributed by atoms with E-state index < -0.39 is 17.8 Å². The second-order valence-electron chi connectivity index (χ2n) is 4.46. The zero-order valence-electron chi connectivity index (χ0n) is 10.00. The van der Waals surface area contributed by atoms with Gasteiger partial charge < -0.3 is 4.90 Å². The molecule has 1 aliphatic heterocycles. The van der Waals surface area contributed by atoms with Crippen LogP contribution < -0.4 is 0 Å². The first kappa shape index (κ1) is 12.9. The molecule has 1 saturated heterocycles. The number of likely N-dealkylation sites (tertiary alicyclic amines) is 1. The van der Waals surface area contributed by atoms with Crippen LogP contribution in [0.25, 0.3) is 0 Å². The van der Waals surface area contributed by atoms with Gasteiger partial charge in [-0.3, -0.25) is 4.79 Å². The predicted octanol–water partition coefficient (Wildman–Crippen LogP) is 3.39. The van der Waals surface area contributed by atoms with Crippen molar-refractivity contribution < 1.29 is 18.0 Å². The van der Waals surface area contributed by atoms with Crippen LogP contribution in [0.15, 0.2) is 24.3 Å². The molecule has 5 heteroatoms. The summed E-state index contributed by atoms with van der Waals surface area (Å²) in [7, 11) is 0. The van der Waals surface area contributed by atoms with Gasteiger partial charge in [0.2, 0.25) is 5.91 Å². The number of rotatable bonds is 1. The molecular weight excluding hydrogens is 243 g/mol. The van der Waals surface area contributed by atoms with Gasteiger partial charge in [0.25, 0.3) is 0 Å². The summed E-state index contributed by atoms with van der Waals surface area (Å²) < 4.78 is 38.8. The van der Waals surface area contributed by atoms with Crippen LogP contribution in [0, 0.1) is 0 Å². The first-order valence-electron chi connectivity index (χ1n) is 5.84. The minimum Gasteiger partial charge on any atom is -0.336 e. The molecule has 0 aromatic heterocycles. The molecule has 0 spiro atoms. The largest absolute Gasteiger partial charge is 0.416 e. The molecule has 0 N–H and O–H groups in total. The maximum absolute atomic E-state index is 12.9. The van der Waals surface area contributed by atoms with Crippen LogP contribution in [0.1, 0.15) is 36.9 Å². The highest BCUT2D eigenvalue weighted by atomic mass is 19.4. The van der Waals surface area contributed by atoms with Crippen molar-refractivity contribution in [3.63, 3.8) is 0 Å². The number of halogens is 3. The summed E-state index contributed by atoms with van der Waals surface area (Å²) in [5.41, 5.74) is -0.430. The minimum atomic E-state index is -4.37. The third-order valence-electron chi connectivity index (χ3n) is 3.28. The van der Waals surface area contributed by atoms with E-state index in [2.05, 4.69) is 0 Å². The number of alkyl halides is 3. The van der Waals surface area contributed by atoms with Crippen molar-refractivity contribution in [2.45, 2.75) is 32.0 Å². The predicted molar refractivity (Wildman–Crippen MR) is 60.8 cm³/mol. The fraction of sp³-hybridized carbons (Fsp3) is 0.462. The van der Waals surface area contributed by atoms with Gasteiger partial charge in [0.1, 0.15) is 0 Å². The molecule has 1 fully saturated rings. The highest BCUT2D eigenvalue weighted by Crippen LogP contribution is 2.40. The van der Waals surface area contributed by atoms with E-state index in [0.29, 0.717) is 13.0 Å². The summed E-state index contributed by atoms with van der Waals surface area (Å²) in [6, 6.07) is 5.06. The molecule has 0 radical (unpaired) electrons. The number of carbonyl (C=O) groups is 1. The number of hydrogen-bond acceptors (Lipinski definition) is 1. The Balaban J connectivity index is 2.42.